The maximum absolute atomic E-state index is 3.24. The van der Waals surface area contributed by atoms with Gasteiger partial charge in [-0.1, -0.05) is 27.7 Å². The van der Waals surface area contributed by atoms with Crippen molar-refractivity contribution in [3.05, 3.63) is 0 Å². The second-order valence-corrected chi connectivity index (χ2v) is 4.99. The van der Waals surface area contributed by atoms with Crippen LogP contribution in [0.1, 0.15) is 34.1 Å². The summed E-state index contributed by atoms with van der Waals surface area (Å²) in [4.78, 5) is 2.51. The van der Waals surface area contributed by atoms with E-state index in [-0.39, 0.29) is 0 Å². The van der Waals surface area contributed by atoms with Gasteiger partial charge in [-0.15, -0.1) is 11.8 Å². The Hall–Kier alpha value is -0.480. The zero-order valence-corrected chi connectivity index (χ0v) is 10.0. The Morgan fingerprint density at radius 3 is 2.36 bits per heavy atom. The highest BCUT2D eigenvalue weighted by atomic mass is 15.2. The molecule has 1 heterocycles. The van der Waals surface area contributed by atoms with Gasteiger partial charge in [0.05, 0.1) is 0 Å². The normalized spacial score (nSPS) is 18.1. The van der Waals surface area contributed by atoms with E-state index in [1.807, 2.05) is 0 Å². The van der Waals surface area contributed by atoms with Crippen LogP contribution in [0.3, 0.4) is 0 Å². The molecule has 1 saturated heterocycles. The van der Waals surface area contributed by atoms with Gasteiger partial charge in [-0.25, -0.2) is 0 Å². The highest BCUT2D eigenvalue weighted by Gasteiger charge is 2.27. The van der Waals surface area contributed by atoms with Crippen molar-refractivity contribution in [2.75, 3.05) is 19.6 Å². The summed E-state index contributed by atoms with van der Waals surface area (Å²) in [7, 11) is 0. The van der Waals surface area contributed by atoms with Crippen LogP contribution in [0.2, 0.25) is 0 Å². The molecule has 0 N–H and O–H groups in total. The van der Waals surface area contributed by atoms with Crippen LogP contribution in [-0.2, 0) is 0 Å². The molecular weight excluding hydrogens is 170 g/mol. The average Bonchev–Trinajstić information content (AvgIpc) is 1.98. The molecule has 14 heavy (non-hydrogen) atoms. The summed E-state index contributed by atoms with van der Waals surface area (Å²) in [5.41, 5.74) is 0. The zero-order chi connectivity index (χ0) is 10.6. The SMILES string of the molecule is CC(C)C#CCCN1CC(C(C)C)C1. The van der Waals surface area contributed by atoms with Crippen molar-refractivity contribution in [2.45, 2.75) is 34.1 Å². The standard InChI is InChI=1S/C13H23N/c1-11(2)7-5-6-8-14-9-13(10-14)12(3)4/h11-13H,6,8-10H2,1-4H3. The van der Waals surface area contributed by atoms with Crippen molar-refractivity contribution in [1.82, 2.24) is 4.90 Å². The Labute approximate surface area is 88.9 Å². The number of hydrogen-bond acceptors (Lipinski definition) is 1. The number of nitrogens with zero attached hydrogens (tertiary/aromatic N) is 1. The van der Waals surface area contributed by atoms with Crippen LogP contribution in [0.5, 0.6) is 0 Å². The van der Waals surface area contributed by atoms with Crippen molar-refractivity contribution in [3.63, 3.8) is 0 Å². The molecule has 1 aliphatic rings. The van der Waals surface area contributed by atoms with E-state index in [9.17, 15) is 0 Å². The minimum atomic E-state index is 0.523. The first kappa shape index (κ1) is 11.6. The summed E-state index contributed by atoms with van der Waals surface area (Å²) in [5, 5.41) is 0. The molecule has 1 heteroatoms. The highest BCUT2D eigenvalue weighted by molar-refractivity contribution is 5.02. The topological polar surface area (TPSA) is 3.24 Å². The van der Waals surface area contributed by atoms with Crippen molar-refractivity contribution in [3.8, 4) is 11.8 Å². The lowest BCUT2D eigenvalue weighted by Gasteiger charge is -2.41. The molecule has 0 aromatic carbocycles. The molecule has 1 fully saturated rings. The third-order valence-electron chi connectivity index (χ3n) is 2.87. The number of likely N-dealkylation sites (tertiary alicyclic amines) is 1. The van der Waals surface area contributed by atoms with E-state index in [0.717, 1.165) is 18.3 Å². The molecule has 80 valence electrons. The summed E-state index contributed by atoms with van der Waals surface area (Å²) in [6, 6.07) is 0. The van der Waals surface area contributed by atoms with E-state index in [4.69, 9.17) is 0 Å². The fraction of sp³-hybridized carbons (Fsp3) is 0.846. The van der Waals surface area contributed by atoms with Crippen LogP contribution in [0.4, 0.5) is 0 Å². The van der Waals surface area contributed by atoms with Gasteiger partial charge >= 0.3 is 0 Å². The predicted molar refractivity (Wildman–Crippen MR) is 62.0 cm³/mol. The number of hydrogen-bond donors (Lipinski definition) is 0. The fourth-order valence-electron chi connectivity index (χ4n) is 1.70. The van der Waals surface area contributed by atoms with E-state index in [0.29, 0.717) is 5.92 Å². The van der Waals surface area contributed by atoms with Gasteiger partial charge in [0.15, 0.2) is 0 Å². The Balaban J connectivity index is 2.04. The van der Waals surface area contributed by atoms with Crippen molar-refractivity contribution >= 4 is 0 Å². The zero-order valence-electron chi connectivity index (χ0n) is 10.0. The molecular formula is C13H23N. The van der Waals surface area contributed by atoms with E-state index in [1.165, 1.54) is 19.6 Å². The summed E-state index contributed by atoms with van der Waals surface area (Å²) >= 11 is 0. The van der Waals surface area contributed by atoms with Gasteiger partial charge in [0.2, 0.25) is 0 Å². The van der Waals surface area contributed by atoms with E-state index < -0.39 is 0 Å². The van der Waals surface area contributed by atoms with Gasteiger partial charge in [0.25, 0.3) is 0 Å². The second kappa shape index (κ2) is 5.41. The summed E-state index contributed by atoms with van der Waals surface area (Å²) in [5.74, 6) is 8.76. The lowest BCUT2D eigenvalue weighted by atomic mass is 9.88. The molecule has 0 bridgehead atoms. The Morgan fingerprint density at radius 2 is 1.86 bits per heavy atom. The third-order valence-corrected chi connectivity index (χ3v) is 2.87. The third kappa shape index (κ3) is 3.72. The second-order valence-electron chi connectivity index (χ2n) is 4.99. The molecule has 0 atom stereocenters. The minimum absolute atomic E-state index is 0.523. The molecule has 1 rings (SSSR count). The molecule has 0 amide bonds. The summed E-state index contributed by atoms with van der Waals surface area (Å²) < 4.78 is 0. The van der Waals surface area contributed by atoms with Crippen LogP contribution in [0, 0.1) is 29.6 Å². The first-order valence-electron chi connectivity index (χ1n) is 5.80. The van der Waals surface area contributed by atoms with Crippen LogP contribution < -0.4 is 0 Å². The van der Waals surface area contributed by atoms with Crippen molar-refractivity contribution in [1.29, 1.82) is 0 Å². The van der Waals surface area contributed by atoms with Crippen molar-refractivity contribution < 1.29 is 0 Å². The molecule has 1 nitrogen and oxygen atoms in total. The van der Waals surface area contributed by atoms with E-state index >= 15 is 0 Å². The van der Waals surface area contributed by atoms with Gasteiger partial charge < -0.3 is 4.90 Å². The smallest absolute Gasteiger partial charge is 0.0217 e. The monoisotopic (exact) mass is 193 g/mol. The van der Waals surface area contributed by atoms with Crippen LogP contribution >= 0.6 is 0 Å². The molecule has 0 saturated carbocycles. The van der Waals surface area contributed by atoms with Crippen LogP contribution in [0.15, 0.2) is 0 Å². The van der Waals surface area contributed by atoms with Crippen LogP contribution in [-0.4, -0.2) is 24.5 Å². The van der Waals surface area contributed by atoms with Gasteiger partial charge in [-0.2, -0.15) is 0 Å². The largest absolute Gasteiger partial charge is 0.302 e. The van der Waals surface area contributed by atoms with Gasteiger partial charge in [0, 0.05) is 32.0 Å². The number of rotatable bonds is 3. The maximum atomic E-state index is 3.24. The summed E-state index contributed by atoms with van der Waals surface area (Å²) in [6.45, 7) is 12.7. The minimum Gasteiger partial charge on any atom is -0.302 e. The van der Waals surface area contributed by atoms with E-state index in [1.54, 1.807) is 0 Å². The molecule has 0 aromatic heterocycles. The molecule has 0 radical (unpaired) electrons. The lowest BCUT2D eigenvalue weighted by molar-refractivity contribution is 0.0712. The first-order valence-corrected chi connectivity index (χ1v) is 5.80. The highest BCUT2D eigenvalue weighted by Crippen LogP contribution is 2.22. The quantitative estimate of drug-likeness (QED) is 0.623. The Bertz CT molecular complexity index is 213. The lowest BCUT2D eigenvalue weighted by Crippen LogP contribution is -2.49. The first-order chi connectivity index (χ1) is 6.59. The van der Waals surface area contributed by atoms with Crippen LogP contribution in [0.25, 0.3) is 0 Å². The Morgan fingerprint density at radius 1 is 1.21 bits per heavy atom. The molecule has 0 aliphatic carbocycles. The predicted octanol–water partition coefficient (Wildman–Crippen LogP) is 2.62. The molecule has 1 aliphatic heterocycles. The van der Waals surface area contributed by atoms with Gasteiger partial charge in [-0.3, -0.25) is 0 Å². The molecule has 0 spiro atoms. The molecule has 0 aromatic rings. The van der Waals surface area contributed by atoms with Gasteiger partial charge in [0.1, 0.15) is 0 Å². The molecule has 0 unspecified atom stereocenters. The van der Waals surface area contributed by atoms with Gasteiger partial charge in [-0.05, 0) is 11.8 Å². The average molecular weight is 193 g/mol. The van der Waals surface area contributed by atoms with E-state index in [2.05, 4.69) is 44.4 Å². The van der Waals surface area contributed by atoms with Crippen molar-refractivity contribution in [2.24, 2.45) is 17.8 Å². The summed E-state index contributed by atoms with van der Waals surface area (Å²) in [6.07, 6.45) is 1.04. The fourth-order valence-corrected chi connectivity index (χ4v) is 1.70. The maximum Gasteiger partial charge on any atom is 0.0217 e. The Kier molecular flexibility index (Phi) is 4.48.